The Hall–Kier alpha value is -2.18. The van der Waals surface area contributed by atoms with Crippen LogP contribution in [-0.4, -0.2) is 24.4 Å². The summed E-state index contributed by atoms with van der Waals surface area (Å²) in [5.41, 5.74) is 7.06. The predicted octanol–water partition coefficient (Wildman–Crippen LogP) is 2.32. The molecule has 0 aliphatic heterocycles. The van der Waals surface area contributed by atoms with E-state index >= 15 is 0 Å². The number of nitrogens with two attached hydrogens (primary N) is 1. The lowest BCUT2D eigenvalue weighted by atomic mass is 10.0. The van der Waals surface area contributed by atoms with Crippen LogP contribution in [0, 0.1) is 5.92 Å². The number of benzene rings is 1. The van der Waals surface area contributed by atoms with E-state index in [2.05, 4.69) is 10.6 Å². The fourth-order valence-electron chi connectivity index (χ4n) is 2.29. The highest BCUT2D eigenvalue weighted by molar-refractivity contribution is 7.12. The summed E-state index contributed by atoms with van der Waals surface area (Å²) >= 11 is 1.35. The molecule has 2 unspecified atom stereocenters. The van der Waals surface area contributed by atoms with E-state index < -0.39 is 6.04 Å². The van der Waals surface area contributed by atoms with Gasteiger partial charge in [0, 0.05) is 12.6 Å². The molecular weight excluding hydrogens is 322 g/mol. The summed E-state index contributed by atoms with van der Waals surface area (Å²) in [5, 5.41) is 7.47. The Morgan fingerprint density at radius 1 is 1.12 bits per heavy atom. The smallest absolute Gasteiger partial charge is 0.262 e. The number of amides is 2. The van der Waals surface area contributed by atoms with Gasteiger partial charge in [0.15, 0.2) is 0 Å². The van der Waals surface area contributed by atoms with Crippen LogP contribution >= 0.6 is 11.3 Å². The zero-order valence-electron chi connectivity index (χ0n) is 13.9. The van der Waals surface area contributed by atoms with Gasteiger partial charge in [0.2, 0.25) is 5.91 Å². The van der Waals surface area contributed by atoms with Crippen molar-refractivity contribution in [3.8, 4) is 0 Å². The van der Waals surface area contributed by atoms with E-state index in [-0.39, 0.29) is 23.8 Å². The highest BCUT2D eigenvalue weighted by atomic mass is 32.1. The van der Waals surface area contributed by atoms with E-state index in [1.165, 1.54) is 11.3 Å². The minimum atomic E-state index is -0.595. The van der Waals surface area contributed by atoms with E-state index in [4.69, 9.17) is 5.73 Å². The molecule has 24 heavy (non-hydrogen) atoms. The zero-order valence-corrected chi connectivity index (χ0v) is 14.7. The Bertz CT molecular complexity index is 656. The van der Waals surface area contributed by atoms with Crippen molar-refractivity contribution in [1.29, 1.82) is 0 Å². The second-order valence-corrected chi connectivity index (χ2v) is 6.88. The van der Waals surface area contributed by atoms with Gasteiger partial charge in [-0.25, -0.2) is 0 Å². The molecule has 0 saturated carbocycles. The number of hydrogen-bond acceptors (Lipinski definition) is 4. The van der Waals surface area contributed by atoms with Crippen LogP contribution < -0.4 is 16.4 Å². The van der Waals surface area contributed by atoms with Gasteiger partial charge in [-0.3, -0.25) is 9.59 Å². The summed E-state index contributed by atoms with van der Waals surface area (Å²) in [6.07, 6.45) is 0. The van der Waals surface area contributed by atoms with E-state index in [1.807, 2.05) is 55.6 Å². The normalized spacial score (nSPS) is 13.3. The second-order valence-electron chi connectivity index (χ2n) is 5.93. The van der Waals surface area contributed by atoms with Crippen molar-refractivity contribution in [3.05, 3.63) is 58.3 Å². The Kier molecular flexibility index (Phi) is 6.52. The lowest BCUT2D eigenvalue weighted by molar-refractivity contribution is -0.124. The Labute approximate surface area is 146 Å². The first-order valence-corrected chi connectivity index (χ1v) is 8.79. The van der Waals surface area contributed by atoms with Gasteiger partial charge in [-0.2, -0.15) is 0 Å². The molecular formula is C18H23N3O2S. The molecule has 128 valence electrons. The van der Waals surface area contributed by atoms with E-state index in [9.17, 15) is 9.59 Å². The fraction of sp³-hybridized carbons (Fsp3) is 0.333. The lowest BCUT2D eigenvalue weighted by Gasteiger charge is -2.22. The third-order valence-corrected chi connectivity index (χ3v) is 4.57. The van der Waals surface area contributed by atoms with Crippen molar-refractivity contribution in [2.75, 3.05) is 6.54 Å². The first kappa shape index (κ1) is 18.2. The molecule has 2 atom stereocenters. The summed E-state index contributed by atoms with van der Waals surface area (Å²) in [5.74, 6) is -0.477. The maximum absolute atomic E-state index is 12.4. The Balaban J connectivity index is 1.93. The molecule has 5 nitrogen and oxygen atoms in total. The fourth-order valence-corrected chi connectivity index (χ4v) is 2.92. The van der Waals surface area contributed by atoms with Crippen molar-refractivity contribution >= 4 is 23.2 Å². The van der Waals surface area contributed by atoms with Gasteiger partial charge >= 0.3 is 0 Å². The van der Waals surface area contributed by atoms with Gasteiger partial charge in [-0.15, -0.1) is 11.3 Å². The van der Waals surface area contributed by atoms with Crippen LogP contribution in [-0.2, 0) is 4.79 Å². The monoisotopic (exact) mass is 345 g/mol. The maximum Gasteiger partial charge on any atom is 0.262 e. The van der Waals surface area contributed by atoms with E-state index in [0.29, 0.717) is 11.4 Å². The molecule has 0 aliphatic rings. The molecule has 4 N–H and O–H groups in total. The molecule has 0 aliphatic carbocycles. The molecule has 1 aromatic carbocycles. The highest BCUT2D eigenvalue weighted by Crippen LogP contribution is 2.11. The summed E-state index contributed by atoms with van der Waals surface area (Å²) in [6, 6.07) is 12.3. The van der Waals surface area contributed by atoms with Crippen molar-refractivity contribution in [1.82, 2.24) is 10.6 Å². The zero-order chi connectivity index (χ0) is 17.5. The maximum atomic E-state index is 12.4. The van der Waals surface area contributed by atoms with Gasteiger partial charge in [0.1, 0.15) is 6.04 Å². The van der Waals surface area contributed by atoms with Crippen molar-refractivity contribution in [3.63, 3.8) is 0 Å². The second kappa shape index (κ2) is 8.61. The third-order valence-electron chi connectivity index (χ3n) is 3.70. The van der Waals surface area contributed by atoms with Crippen LogP contribution in [0.5, 0.6) is 0 Å². The van der Waals surface area contributed by atoms with Crippen molar-refractivity contribution in [2.45, 2.75) is 25.9 Å². The van der Waals surface area contributed by atoms with Crippen molar-refractivity contribution in [2.24, 2.45) is 11.7 Å². The van der Waals surface area contributed by atoms with Crippen LogP contribution in [0.25, 0.3) is 0 Å². The molecule has 1 aromatic heterocycles. The summed E-state index contributed by atoms with van der Waals surface area (Å²) < 4.78 is 0. The molecule has 2 rings (SSSR count). The average Bonchev–Trinajstić information content (AvgIpc) is 3.12. The van der Waals surface area contributed by atoms with Crippen molar-refractivity contribution < 1.29 is 9.59 Å². The van der Waals surface area contributed by atoms with E-state index in [1.54, 1.807) is 6.07 Å². The Morgan fingerprint density at radius 2 is 1.83 bits per heavy atom. The quantitative estimate of drug-likeness (QED) is 0.720. The number of hydrogen-bond donors (Lipinski definition) is 3. The molecule has 2 amide bonds. The van der Waals surface area contributed by atoms with Gasteiger partial charge in [0.05, 0.1) is 4.88 Å². The van der Waals surface area contributed by atoms with Gasteiger partial charge < -0.3 is 16.4 Å². The highest BCUT2D eigenvalue weighted by Gasteiger charge is 2.25. The van der Waals surface area contributed by atoms with Crippen LogP contribution in [0.1, 0.15) is 35.1 Å². The molecule has 2 aromatic rings. The molecule has 6 heteroatoms. The van der Waals surface area contributed by atoms with E-state index in [0.717, 1.165) is 5.56 Å². The summed E-state index contributed by atoms with van der Waals surface area (Å²) in [6.45, 7) is 4.12. The standard InChI is InChI=1S/C18H23N3O2S/c1-12(2)16(21-17(22)15-9-6-10-24-15)18(23)20-11-14(19)13-7-4-3-5-8-13/h3-10,12,14,16H,11,19H2,1-2H3,(H,20,23)(H,21,22). The number of carbonyl (C=O) groups is 2. The molecule has 0 radical (unpaired) electrons. The third kappa shape index (κ3) is 4.91. The number of thiophene rings is 1. The van der Waals surface area contributed by atoms with Crippen LogP contribution in [0.4, 0.5) is 0 Å². The van der Waals surface area contributed by atoms with Crippen LogP contribution in [0.3, 0.4) is 0 Å². The minimum absolute atomic E-state index is 0.0261. The largest absolute Gasteiger partial charge is 0.352 e. The number of nitrogens with one attached hydrogen (secondary N) is 2. The molecule has 0 bridgehead atoms. The number of rotatable bonds is 7. The lowest BCUT2D eigenvalue weighted by Crippen LogP contribution is -2.50. The topological polar surface area (TPSA) is 84.2 Å². The first-order chi connectivity index (χ1) is 11.5. The van der Waals surface area contributed by atoms with Crippen LogP contribution in [0.2, 0.25) is 0 Å². The first-order valence-electron chi connectivity index (χ1n) is 7.91. The molecule has 0 saturated heterocycles. The Morgan fingerprint density at radius 3 is 2.42 bits per heavy atom. The molecule has 0 fully saturated rings. The SMILES string of the molecule is CC(C)C(NC(=O)c1cccs1)C(=O)NCC(N)c1ccccc1. The number of carbonyl (C=O) groups excluding carboxylic acids is 2. The summed E-state index contributed by atoms with van der Waals surface area (Å²) in [4.78, 5) is 25.2. The predicted molar refractivity (Wildman–Crippen MR) is 96.8 cm³/mol. The average molecular weight is 345 g/mol. The molecule has 0 spiro atoms. The van der Waals surface area contributed by atoms with Crippen LogP contribution in [0.15, 0.2) is 47.8 Å². The van der Waals surface area contributed by atoms with Gasteiger partial charge in [-0.05, 0) is 22.9 Å². The summed E-state index contributed by atoms with van der Waals surface area (Å²) in [7, 11) is 0. The minimum Gasteiger partial charge on any atom is -0.352 e. The molecule has 1 heterocycles. The van der Waals surface area contributed by atoms with Gasteiger partial charge in [-0.1, -0.05) is 50.2 Å². The van der Waals surface area contributed by atoms with Gasteiger partial charge in [0.25, 0.3) is 5.91 Å².